The van der Waals surface area contributed by atoms with Crippen LogP contribution in [0.1, 0.15) is 26.5 Å². The van der Waals surface area contributed by atoms with Crippen molar-refractivity contribution >= 4 is 23.1 Å². The Bertz CT molecular complexity index is 1270. The van der Waals surface area contributed by atoms with E-state index in [4.69, 9.17) is 9.15 Å². The lowest BCUT2D eigenvalue weighted by Crippen LogP contribution is -2.10. The number of ether oxygens (including phenoxy) is 1. The van der Waals surface area contributed by atoms with Crippen LogP contribution in [0.15, 0.2) is 95.6 Å². The molecule has 0 atom stereocenters. The maximum absolute atomic E-state index is 12.6. The van der Waals surface area contributed by atoms with Crippen molar-refractivity contribution in [3.05, 3.63) is 118 Å². The minimum Gasteiger partial charge on any atom is -0.459 e. The van der Waals surface area contributed by atoms with Crippen molar-refractivity contribution in [3.8, 4) is 11.5 Å². The molecule has 0 aliphatic carbocycles. The highest BCUT2D eigenvalue weighted by Crippen LogP contribution is 2.33. The number of hydrogen-bond donors (Lipinski definition) is 1. The van der Waals surface area contributed by atoms with Gasteiger partial charge < -0.3 is 14.5 Å². The van der Waals surface area contributed by atoms with E-state index >= 15 is 0 Å². The number of hydrogen-bond acceptors (Lipinski definition) is 6. The molecule has 1 amide bonds. The molecule has 0 bridgehead atoms. The van der Waals surface area contributed by atoms with Crippen LogP contribution in [0.3, 0.4) is 0 Å². The number of rotatable bonds is 7. The van der Waals surface area contributed by atoms with Crippen LogP contribution in [0.5, 0.6) is 11.5 Å². The van der Waals surface area contributed by atoms with E-state index in [0.29, 0.717) is 17.0 Å². The second kappa shape index (κ2) is 8.97. The number of benzene rings is 3. The highest BCUT2D eigenvalue weighted by molar-refractivity contribution is 6.09. The monoisotopic (exact) mass is 428 g/mol. The standard InChI is InChI=1S/C24H16N2O6/c27-23(16-5-2-1-3-6-16)17-8-13-21(20(15-17)26(29)30)32-19-11-9-18(10-12-19)25-24(28)22-7-4-14-31-22/h1-15H,(H,25,28). The first-order chi connectivity index (χ1) is 15.5. The molecule has 1 N–H and O–H groups in total. The number of nitro benzene ring substituents is 1. The zero-order valence-corrected chi connectivity index (χ0v) is 16.6. The second-order valence-electron chi connectivity index (χ2n) is 6.69. The number of amides is 1. The SMILES string of the molecule is O=C(c1ccccc1)c1ccc(Oc2ccc(NC(=O)c3ccco3)cc2)c([N+](=O)[O-])c1. The molecule has 0 unspecified atom stereocenters. The number of nitro groups is 1. The van der Waals surface area contributed by atoms with Crippen molar-refractivity contribution < 1.29 is 23.7 Å². The van der Waals surface area contributed by atoms with E-state index in [1.807, 2.05) is 0 Å². The number of carbonyl (C=O) groups excluding carboxylic acids is 2. The molecule has 4 aromatic rings. The first-order valence-electron chi connectivity index (χ1n) is 9.52. The van der Waals surface area contributed by atoms with Gasteiger partial charge in [-0.1, -0.05) is 30.3 Å². The number of anilines is 1. The van der Waals surface area contributed by atoms with Gasteiger partial charge >= 0.3 is 5.69 Å². The average Bonchev–Trinajstić information content (AvgIpc) is 3.36. The summed E-state index contributed by atoms with van der Waals surface area (Å²) >= 11 is 0. The van der Waals surface area contributed by atoms with Gasteiger partial charge in [-0.05, 0) is 48.5 Å². The molecular weight excluding hydrogens is 412 g/mol. The summed E-state index contributed by atoms with van der Waals surface area (Å²) in [6.07, 6.45) is 1.40. The molecule has 3 aromatic carbocycles. The fourth-order valence-corrected chi connectivity index (χ4v) is 2.98. The summed E-state index contributed by atoms with van der Waals surface area (Å²) in [6.45, 7) is 0. The van der Waals surface area contributed by atoms with Crippen molar-refractivity contribution in [1.82, 2.24) is 0 Å². The Hall–Kier alpha value is -4.72. The lowest BCUT2D eigenvalue weighted by atomic mass is 10.0. The molecule has 4 rings (SSSR count). The molecular formula is C24H16N2O6. The van der Waals surface area contributed by atoms with Gasteiger partial charge in [0.25, 0.3) is 5.91 Å². The third kappa shape index (κ3) is 4.54. The van der Waals surface area contributed by atoms with Gasteiger partial charge in [0.1, 0.15) is 5.75 Å². The minimum absolute atomic E-state index is 0.00742. The molecule has 0 aliphatic heterocycles. The summed E-state index contributed by atoms with van der Waals surface area (Å²) in [5.41, 5.74) is 0.785. The first kappa shape index (κ1) is 20.5. The Kier molecular flexibility index (Phi) is 5.76. The number of carbonyl (C=O) groups is 2. The van der Waals surface area contributed by atoms with Crippen LogP contribution in [-0.4, -0.2) is 16.6 Å². The van der Waals surface area contributed by atoms with Crippen molar-refractivity contribution in [2.75, 3.05) is 5.32 Å². The number of nitrogens with zero attached hydrogens (tertiary/aromatic N) is 1. The Morgan fingerprint density at radius 2 is 1.62 bits per heavy atom. The molecule has 0 spiro atoms. The Balaban J connectivity index is 1.51. The largest absolute Gasteiger partial charge is 0.459 e. The highest BCUT2D eigenvalue weighted by Gasteiger charge is 2.20. The van der Waals surface area contributed by atoms with Crippen LogP contribution in [0.4, 0.5) is 11.4 Å². The van der Waals surface area contributed by atoms with Crippen LogP contribution < -0.4 is 10.1 Å². The molecule has 0 fully saturated rings. The zero-order chi connectivity index (χ0) is 22.5. The molecule has 0 saturated carbocycles. The van der Waals surface area contributed by atoms with Crippen molar-refractivity contribution in [3.63, 3.8) is 0 Å². The first-order valence-corrected chi connectivity index (χ1v) is 9.52. The van der Waals surface area contributed by atoms with Gasteiger partial charge in [0.2, 0.25) is 5.75 Å². The molecule has 1 aromatic heterocycles. The predicted octanol–water partition coefficient (Wildman–Crippen LogP) is 5.46. The fraction of sp³-hybridized carbons (Fsp3) is 0. The van der Waals surface area contributed by atoms with Crippen molar-refractivity contribution in [2.45, 2.75) is 0 Å². The summed E-state index contributed by atoms with van der Waals surface area (Å²) < 4.78 is 10.7. The molecule has 0 aliphatic rings. The van der Waals surface area contributed by atoms with Crippen LogP contribution in [0.2, 0.25) is 0 Å². The predicted molar refractivity (Wildman–Crippen MR) is 116 cm³/mol. The summed E-state index contributed by atoms with van der Waals surface area (Å²) in [5.74, 6) is -0.237. The second-order valence-corrected chi connectivity index (χ2v) is 6.69. The molecule has 32 heavy (non-hydrogen) atoms. The van der Waals surface area contributed by atoms with Crippen molar-refractivity contribution in [2.24, 2.45) is 0 Å². The van der Waals surface area contributed by atoms with Crippen LogP contribution >= 0.6 is 0 Å². The Labute approximate surface area is 182 Å². The normalized spacial score (nSPS) is 10.4. The lowest BCUT2D eigenvalue weighted by Gasteiger charge is -2.09. The third-order valence-corrected chi connectivity index (χ3v) is 4.54. The van der Waals surface area contributed by atoms with Gasteiger partial charge in [-0.25, -0.2) is 0 Å². The average molecular weight is 428 g/mol. The maximum atomic E-state index is 12.6. The van der Waals surface area contributed by atoms with E-state index in [9.17, 15) is 19.7 Å². The summed E-state index contributed by atoms with van der Waals surface area (Å²) in [4.78, 5) is 35.6. The molecule has 0 radical (unpaired) electrons. The zero-order valence-electron chi connectivity index (χ0n) is 16.6. The van der Waals surface area contributed by atoms with Gasteiger partial charge in [0.15, 0.2) is 11.5 Å². The molecule has 158 valence electrons. The van der Waals surface area contributed by atoms with E-state index in [-0.39, 0.29) is 28.5 Å². The molecule has 8 heteroatoms. The number of nitrogens with one attached hydrogen (secondary N) is 1. The topological polar surface area (TPSA) is 112 Å². The molecule has 8 nitrogen and oxygen atoms in total. The Morgan fingerprint density at radius 3 is 2.28 bits per heavy atom. The van der Waals surface area contributed by atoms with E-state index in [0.717, 1.165) is 0 Å². The molecule has 1 heterocycles. The van der Waals surface area contributed by atoms with Gasteiger partial charge in [-0.3, -0.25) is 19.7 Å². The van der Waals surface area contributed by atoms with Gasteiger partial charge in [-0.15, -0.1) is 0 Å². The summed E-state index contributed by atoms with van der Waals surface area (Å²) in [5, 5.41) is 14.2. The maximum Gasteiger partial charge on any atom is 0.312 e. The smallest absolute Gasteiger partial charge is 0.312 e. The fourth-order valence-electron chi connectivity index (χ4n) is 2.98. The van der Waals surface area contributed by atoms with E-state index in [1.54, 1.807) is 60.7 Å². The summed E-state index contributed by atoms with van der Waals surface area (Å²) in [6, 6.07) is 22.0. The lowest BCUT2D eigenvalue weighted by molar-refractivity contribution is -0.385. The van der Waals surface area contributed by atoms with Gasteiger partial charge in [0, 0.05) is 22.9 Å². The van der Waals surface area contributed by atoms with Crippen LogP contribution in [-0.2, 0) is 0 Å². The number of ketones is 1. The van der Waals surface area contributed by atoms with Gasteiger partial charge in [0.05, 0.1) is 11.2 Å². The van der Waals surface area contributed by atoms with E-state index in [1.165, 1.54) is 30.5 Å². The van der Waals surface area contributed by atoms with E-state index < -0.39 is 10.8 Å². The third-order valence-electron chi connectivity index (χ3n) is 4.54. The van der Waals surface area contributed by atoms with E-state index in [2.05, 4.69) is 5.32 Å². The Morgan fingerprint density at radius 1 is 0.875 bits per heavy atom. The quantitative estimate of drug-likeness (QED) is 0.238. The number of furan rings is 1. The van der Waals surface area contributed by atoms with Gasteiger partial charge in [-0.2, -0.15) is 0 Å². The minimum atomic E-state index is -0.602. The van der Waals surface area contributed by atoms with Crippen LogP contribution in [0.25, 0.3) is 0 Å². The highest BCUT2D eigenvalue weighted by atomic mass is 16.6. The summed E-state index contributed by atoms with van der Waals surface area (Å²) in [7, 11) is 0. The molecule has 0 saturated heterocycles. The van der Waals surface area contributed by atoms with Crippen LogP contribution in [0, 0.1) is 10.1 Å². The van der Waals surface area contributed by atoms with Crippen molar-refractivity contribution in [1.29, 1.82) is 0 Å².